The molecule has 1 aliphatic rings. The Balaban J connectivity index is 2.16. The van der Waals surface area contributed by atoms with E-state index in [4.69, 9.17) is 5.73 Å². The molecule has 1 fully saturated rings. The molecule has 0 spiro atoms. The molecule has 3 heteroatoms. The van der Waals surface area contributed by atoms with E-state index in [1.165, 1.54) is 25.0 Å². The third-order valence-electron chi connectivity index (χ3n) is 3.57. The van der Waals surface area contributed by atoms with E-state index in [0.29, 0.717) is 12.5 Å². The van der Waals surface area contributed by atoms with Crippen LogP contribution in [0.2, 0.25) is 0 Å². The summed E-state index contributed by atoms with van der Waals surface area (Å²) in [5.41, 5.74) is 6.67. The van der Waals surface area contributed by atoms with Crippen molar-refractivity contribution in [2.45, 2.75) is 31.7 Å². The lowest BCUT2D eigenvalue weighted by Gasteiger charge is -2.34. The quantitative estimate of drug-likeness (QED) is 0.804. The van der Waals surface area contributed by atoms with Crippen LogP contribution in [0.25, 0.3) is 0 Å². The van der Waals surface area contributed by atoms with E-state index in [2.05, 4.69) is 12.2 Å². The van der Waals surface area contributed by atoms with Gasteiger partial charge in [-0.1, -0.05) is 13.0 Å². The summed E-state index contributed by atoms with van der Waals surface area (Å²) in [6.45, 7) is 2.74. The second-order valence-electron chi connectivity index (χ2n) is 4.62. The zero-order valence-corrected chi connectivity index (χ0v) is 9.67. The summed E-state index contributed by atoms with van der Waals surface area (Å²) in [6.07, 6.45) is 3.44. The standard InChI is InChI=1S/C13H19FN2/c1-2-13(9-15,10-6-7-10)16-12-5-3-4-11(14)8-12/h3-5,8,10,16H,2,6-7,9,15H2,1H3. The first-order chi connectivity index (χ1) is 7.70. The van der Waals surface area contributed by atoms with Gasteiger partial charge in [-0.15, -0.1) is 0 Å². The van der Waals surface area contributed by atoms with Gasteiger partial charge in [-0.05, 0) is 43.4 Å². The van der Waals surface area contributed by atoms with Gasteiger partial charge < -0.3 is 11.1 Å². The second kappa shape index (κ2) is 4.42. The minimum Gasteiger partial charge on any atom is -0.378 e. The first kappa shape index (κ1) is 11.4. The van der Waals surface area contributed by atoms with Crippen LogP contribution >= 0.6 is 0 Å². The third-order valence-corrected chi connectivity index (χ3v) is 3.57. The Kier molecular flexibility index (Phi) is 3.15. The molecule has 88 valence electrons. The van der Waals surface area contributed by atoms with Crippen molar-refractivity contribution in [3.05, 3.63) is 30.1 Å². The van der Waals surface area contributed by atoms with Crippen LogP contribution in [0.4, 0.5) is 10.1 Å². The van der Waals surface area contributed by atoms with E-state index < -0.39 is 0 Å². The average Bonchev–Trinajstić information content (AvgIpc) is 3.10. The maximum Gasteiger partial charge on any atom is 0.125 e. The van der Waals surface area contributed by atoms with Crippen LogP contribution in [0, 0.1) is 11.7 Å². The highest BCUT2D eigenvalue weighted by Gasteiger charge is 2.42. The SMILES string of the molecule is CCC(CN)(Nc1cccc(F)c1)C1CC1. The highest BCUT2D eigenvalue weighted by molar-refractivity contribution is 5.46. The first-order valence-electron chi connectivity index (χ1n) is 5.94. The Bertz CT molecular complexity index is 357. The number of rotatable bonds is 5. The molecular formula is C13H19FN2. The Labute approximate surface area is 96.0 Å². The molecule has 2 nitrogen and oxygen atoms in total. The maximum absolute atomic E-state index is 13.1. The molecule has 16 heavy (non-hydrogen) atoms. The number of halogens is 1. The Hall–Kier alpha value is -1.09. The minimum atomic E-state index is -0.206. The molecule has 0 aliphatic heterocycles. The molecule has 0 bridgehead atoms. The number of benzene rings is 1. The van der Waals surface area contributed by atoms with Crippen LogP contribution in [-0.4, -0.2) is 12.1 Å². The number of nitrogens with one attached hydrogen (secondary N) is 1. The van der Waals surface area contributed by atoms with Gasteiger partial charge in [0.05, 0.1) is 5.54 Å². The highest BCUT2D eigenvalue weighted by atomic mass is 19.1. The molecule has 2 rings (SSSR count). The molecule has 1 atom stereocenters. The van der Waals surface area contributed by atoms with Gasteiger partial charge in [-0.2, -0.15) is 0 Å². The van der Waals surface area contributed by atoms with Gasteiger partial charge in [0, 0.05) is 12.2 Å². The smallest absolute Gasteiger partial charge is 0.125 e. The molecule has 0 amide bonds. The van der Waals surface area contributed by atoms with Crippen molar-refractivity contribution >= 4 is 5.69 Å². The molecule has 1 saturated carbocycles. The molecule has 1 unspecified atom stereocenters. The highest BCUT2D eigenvalue weighted by Crippen LogP contribution is 2.42. The third kappa shape index (κ3) is 2.19. The van der Waals surface area contributed by atoms with Crippen LogP contribution in [0.5, 0.6) is 0 Å². The predicted molar refractivity (Wildman–Crippen MR) is 64.8 cm³/mol. The molecule has 0 heterocycles. The van der Waals surface area contributed by atoms with Crippen molar-refractivity contribution in [3.63, 3.8) is 0 Å². The van der Waals surface area contributed by atoms with Crippen molar-refractivity contribution in [3.8, 4) is 0 Å². The van der Waals surface area contributed by atoms with Crippen LogP contribution in [0.15, 0.2) is 24.3 Å². The van der Waals surface area contributed by atoms with Gasteiger partial charge in [0.15, 0.2) is 0 Å². The molecule has 0 radical (unpaired) electrons. The Morgan fingerprint density at radius 3 is 2.75 bits per heavy atom. The summed E-state index contributed by atoms with van der Waals surface area (Å²) < 4.78 is 13.1. The molecule has 3 N–H and O–H groups in total. The zero-order valence-electron chi connectivity index (χ0n) is 9.67. The number of anilines is 1. The van der Waals surface area contributed by atoms with Gasteiger partial charge in [0.25, 0.3) is 0 Å². The van der Waals surface area contributed by atoms with Gasteiger partial charge in [0.2, 0.25) is 0 Å². The van der Waals surface area contributed by atoms with E-state index in [9.17, 15) is 4.39 Å². The lowest BCUT2D eigenvalue weighted by molar-refractivity contribution is 0.404. The van der Waals surface area contributed by atoms with Crippen LogP contribution in [-0.2, 0) is 0 Å². The van der Waals surface area contributed by atoms with E-state index in [-0.39, 0.29) is 11.4 Å². The minimum absolute atomic E-state index is 0.0478. The number of hydrogen-bond donors (Lipinski definition) is 2. The van der Waals surface area contributed by atoms with E-state index >= 15 is 0 Å². The fourth-order valence-electron chi connectivity index (χ4n) is 2.33. The summed E-state index contributed by atoms with van der Waals surface area (Å²) in [5.74, 6) is 0.439. The van der Waals surface area contributed by atoms with E-state index in [1.807, 2.05) is 6.07 Å². The van der Waals surface area contributed by atoms with Crippen LogP contribution in [0.1, 0.15) is 26.2 Å². The summed E-state index contributed by atoms with van der Waals surface area (Å²) in [4.78, 5) is 0. The summed E-state index contributed by atoms with van der Waals surface area (Å²) in [7, 11) is 0. The number of hydrogen-bond acceptors (Lipinski definition) is 2. The Morgan fingerprint density at radius 2 is 2.25 bits per heavy atom. The van der Waals surface area contributed by atoms with Gasteiger partial charge >= 0.3 is 0 Å². The lowest BCUT2D eigenvalue weighted by Crippen LogP contribution is -2.47. The monoisotopic (exact) mass is 222 g/mol. The molecular weight excluding hydrogens is 203 g/mol. The predicted octanol–water partition coefficient (Wildman–Crippen LogP) is 2.76. The second-order valence-corrected chi connectivity index (χ2v) is 4.62. The first-order valence-corrected chi connectivity index (χ1v) is 5.94. The van der Waals surface area contributed by atoms with Gasteiger partial charge in [-0.3, -0.25) is 0 Å². The van der Waals surface area contributed by atoms with Crippen molar-refractivity contribution in [1.82, 2.24) is 0 Å². The van der Waals surface area contributed by atoms with Crippen molar-refractivity contribution < 1.29 is 4.39 Å². The molecule has 0 saturated heterocycles. The van der Waals surface area contributed by atoms with Gasteiger partial charge in [0.1, 0.15) is 5.82 Å². The molecule has 1 aliphatic carbocycles. The fraction of sp³-hybridized carbons (Fsp3) is 0.538. The van der Waals surface area contributed by atoms with Crippen molar-refractivity contribution in [2.24, 2.45) is 11.7 Å². The summed E-state index contributed by atoms with van der Waals surface area (Å²) in [6, 6.07) is 6.61. The average molecular weight is 222 g/mol. The fourth-order valence-corrected chi connectivity index (χ4v) is 2.33. The van der Waals surface area contributed by atoms with E-state index in [0.717, 1.165) is 12.1 Å². The molecule has 1 aromatic rings. The zero-order chi connectivity index (χ0) is 11.6. The van der Waals surface area contributed by atoms with Crippen molar-refractivity contribution in [1.29, 1.82) is 0 Å². The van der Waals surface area contributed by atoms with Crippen molar-refractivity contribution in [2.75, 3.05) is 11.9 Å². The summed E-state index contributed by atoms with van der Waals surface area (Å²) >= 11 is 0. The largest absolute Gasteiger partial charge is 0.378 e. The number of nitrogens with two attached hydrogens (primary N) is 1. The van der Waals surface area contributed by atoms with Gasteiger partial charge in [-0.25, -0.2) is 4.39 Å². The summed E-state index contributed by atoms with van der Waals surface area (Å²) in [5, 5.41) is 3.43. The van der Waals surface area contributed by atoms with E-state index in [1.54, 1.807) is 6.07 Å². The maximum atomic E-state index is 13.1. The van der Waals surface area contributed by atoms with Crippen LogP contribution in [0.3, 0.4) is 0 Å². The van der Waals surface area contributed by atoms with Crippen LogP contribution < -0.4 is 11.1 Å². The topological polar surface area (TPSA) is 38.0 Å². The lowest BCUT2D eigenvalue weighted by atomic mass is 9.89. The Morgan fingerprint density at radius 1 is 1.50 bits per heavy atom. The molecule has 0 aromatic heterocycles. The normalized spacial score (nSPS) is 19.2. The molecule has 1 aromatic carbocycles.